The Kier molecular flexibility index (Phi) is 4.50. The molecule has 1 aromatic rings. The van der Waals surface area contributed by atoms with E-state index in [0.717, 1.165) is 12.1 Å². The molecule has 19 heavy (non-hydrogen) atoms. The first kappa shape index (κ1) is 15.8. The molecule has 0 radical (unpaired) electrons. The van der Waals surface area contributed by atoms with Gasteiger partial charge in [-0.2, -0.15) is 17.6 Å². The zero-order chi connectivity index (χ0) is 14.8. The van der Waals surface area contributed by atoms with Gasteiger partial charge in [-0.1, -0.05) is 12.1 Å². The van der Waals surface area contributed by atoms with Crippen molar-refractivity contribution in [2.24, 2.45) is 4.40 Å². The van der Waals surface area contributed by atoms with Gasteiger partial charge in [-0.25, -0.2) is 8.60 Å². The molecule has 1 aromatic carbocycles. The van der Waals surface area contributed by atoms with Crippen LogP contribution in [0.4, 0.5) is 17.6 Å². The van der Waals surface area contributed by atoms with E-state index in [9.17, 15) is 21.8 Å². The molecular weight excluding hydrogens is 282 g/mol. The number of hydrogen-bond donors (Lipinski definition) is 0. The molecular formula is C12H13F4NOS. The van der Waals surface area contributed by atoms with E-state index in [1.807, 2.05) is 0 Å². The molecule has 0 saturated heterocycles. The fourth-order valence-electron chi connectivity index (χ4n) is 1.13. The van der Waals surface area contributed by atoms with Crippen molar-refractivity contribution in [3.63, 3.8) is 0 Å². The topological polar surface area (TPSA) is 29.4 Å². The molecule has 1 rings (SSSR count). The van der Waals surface area contributed by atoms with Crippen molar-refractivity contribution in [2.45, 2.75) is 31.7 Å². The summed E-state index contributed by atoms with van der Waals surface area (Å²) >= 11 is 0. The zero-order valence-corrected chi connectivity index (χ0v) is 11.4. The molecule has 2 nitrogen and oxygen atoms in total. The summed E-state index contributed by atoms with van der Waals surface area (Å²) in [7, 11) is -2.12. The third-order valence-corrected chi connectivity index (χ3v) is 3.49. The molecule has 7 heteroatoms. The molecule has 0 aromatic heterocycles. The number of benzene rings is 1. The monoisotopic (exact) mass is 295 g/mol. The lowest BCUT2D eigenvalue weighted by Crippen LogP contribution is -2.29. The Labute approximate surface area is 111 Å². The second kappa shape index (κ2) is 5.40. The van der Waals surface area contributed by atoms with Crippen LogP contribution >= 0.6 is 0 Å². The number of halogens is 4. The van der Waals surface area contributed by atoms with Gasteiger partial charge in [0.25, 0.3) is 0 Å². The van der Waals surface area contributed by atoms with Crippen molar-refractivity contribution < 1.29 is 21.8 Å². The third-order valence-electron chi connectivity index (χ3n) is 2.10. The predicted octanol–water partition coefficient (Wildman–Crippen LogP) is 3.64. The zero-order valence-electron chi connectivity index (χ0n) is 10.6. The molecule has 0 N–H and O–H groups in total. The largest absolute Gasteiger partial charge is 0.434 e. The van der Waals surface area contributed by atoms with Crippen molar-refractivity contribution in [3.05, 3.63) is 35.6 Å². The highest BCUT2D eigenvalue weighted by molar-refractivity contribution is 7.85. The van der Waals surface area contributed by atoms with E-state index in [0.29, 0.717) is 0 Å². The van der Waals surface area contributed by atoms with Crippen molar-refractivity contribution >= 4 is 16.7 Å². The molecule has 1 atom stereocenters. The fraction of sp³-hybridized carbons (Fsp3) is 0.417. The summed E-state index contributed by atoms with van der Waals surface area (Å²) in [6.45, 7) is 4.46. The fourth-order valence-corrected chi connectivity index (χ4v) is 1.77. The second-order valence-electron chi connectivity index (χ2n) is 4.78. The van der Waals surface area contributed by atoms with Gasteiger partial charge in [0.2, 0.25) is 0 Å². The molecule has 0 amide bonds. The molecule has 0 aliphatic heterocycles. The van der Waals surface area contributed by atoms with E-state index in [1.54, 1.807) is 0 Å². The highest BCUT2D eigenvalue weighted by atomic mass is 32.2. The summed E-state index contributed by atoms with van der Waals surface area (Å²) in [5.74, 6) is -1.05. The Morgan fingerprint density at radius 2 is 1.68 bits per heavy atom. The summed E-state index contributed by atoms with van der Waals surface area (Å²) in [5.41, 5.74) is -2.16. The maximum absolute atomic E-state index is 13.4. The van der Waals surface area contributed by atoms with E-state index < -0.39 is 39.0 Å². The first-order valence-corrected chi connectivity index (χ1v) is 6.47. The summed E-state index contributed by atoms with van der Waals surface area (Å²) in [6, 6.07) is 4.39. The molecule has 0 heterocycles. The minimum Gasteiger partial charge on any atom is -0.234 e. The predicted molar refractivity (Wildman–Crippen MR) is 66.9 cm³/mol. The lowest BCUT2D eigenvalue weighted by Gasteiger charge is -2.16. The summed E-state index contributed by atoms with van der Waals surface area (Å²) in [6.07, 6.45) is -4.87. The number of hydrogen-bond acceptors (Lipinski definition) is 1. The second-order valence-corrected chi connectivity index (χ2v) is 6.68. The van der Waals surface area contributed by atoms with Crippen LogP contribution in [0.5, 0.6) is 0 Å². The molecule has 0 unspecified atom stereocenters. The smallest absolute Gasteiger partial charge is 0.234 e. The van der Waals surface area contributed by atoms with Gasteiger partial charge in [0.05, 0.1) is 4.75 Å². The Bertz CT molecular complexity index is 517. The first-order chi connectivity index (χ1) is 8.53. The standard InChI is InChI=1S/C12H13F4NOS/c1-11(2,3)19(18)17-10(12(14,15)16)8-6-4-5-7-9(8)13/h4-7H,1-3H3/t19-/m1/s1. The quantitative estimate of drug-likeness (QED) is 0.605. The van der Waals surface area contributed by atoms with Gasteiger partial charge in [-0.3, -0.25) is 0 Å². The number of alkyl halides is 3. The Balaban J connectivity index is 3.38. The van der Waals surface area contributed by atoms with Crippen LogP contribution in [0, 0.1) is 5.82 Å². The van der Waals surface area contributed by atoms with Gasteiger partial charge in [-0.15, -0.1) is 0 Å². The summed E-state index contributed by atoms with van der Waals surface area (Å²) in [5, 5.41) is 0. The molecule has 0 bridgehead atoms. The van der Waals surface area contributed by atoms with Crippen LogP contribution in [0.15, 0.2) is 28.7 Å². The maximum atomic E-state index is 13.4. The van der Waals surface area contributed by atoms with Crippen molar-refractivity contribution in [2.75, 3.05) is 0 Å². The average Bonchev–Trinajstić information content (AvgIpc) is 2.24. The molecule has 0 saturated carbocycles. The third kappa shape index (κ3) is 4.12. The Morgan fingerprint density at radius 3 is 2.11 bits per heavy atom. The highest BCUT2D eigenvalue weighted by Gasteiger charge is 2.39. The van der Waals surface area contributed by atoms with Gasteiger partial charge in [-0.05, 0) is 32.9 Å². The van der Waals surface area contributed by atoms with Crippen LogP contribution in [-0.2, 0) is 11.0 Å². The van der Waals surface area contributed by atoms with E-state index in [4.69, 9.17) is 0 Å². The van der Waals surface area contributed by atoms with Crippen LogP contribution in [0.25, 0.3) is 0 Å². The number of nitrogens with zero attached hydrogens (tertiary/aromatic N) is 1. The van der Waals surface area contributed by atoms with Gasteiger partial charge < -0.3 is 0 Å². The lowest BCUT2D eigenvalue weighted by molar-refractivity contribution is -0.0579. The molecule has 0 aliphatic carbocycles. The van der Waals surface area contributed by atoms with Crippen molar-refractivity contribution in [3.8, 4) is 0 Å². The number of rotatable bonds is 2. The van der Waals surface area contributed by atoms with Gasteiger partial charge in [0.15, 0.2) is 5.71 Å². The SMILES string of the molecule is CC(C)(C)[S@@](=O)N=C(c1ccccc1F)C(F)(F)F. The maximum Gasteiger partial charge on any atom is 0.434 e. The minimum absolute atomic E-state index is 0.701. The lowest BCUT2D eigenvalue weighted by atomic mass is 10.1. The van der Waals surface area contributed by atoms with Crippen LogP contribution in [0.3, 0.4) is 0 Å². The summed E-state index contributed by atoms with van der Waals surface area (Å²) in [4.78, 5) is 0. The van der Waals surface area contributed by atoms with Crippen molar-refractivity contribution in [1.82, 2.24) is 0 Å². The van der Waals surface area contributed by atoms with Crippen molar-refractivity contribution in [1.29, 1.82) is 0 Å². The van der Waals surface area contributed by atoms with E-state index >= 15 is 0 Å². The van der Waals surface area contributed by atoms with Crippen LogP contribution in [-0.4, -0.2) is 20.8 Å². The minimum atomic E-state index is -4.87. The molecule has 106 valence electrons. The van der Waals surface area contributed by atoms with Crippen LogP contribution < -0.4 is 0 Å². The van der Waals surface area contributed by atoms with Gasteiger partial charge in [0.1, 0.15) is 16.8 Å². The molecule has 0 spiro atoms. The molecule has 0 fully saturated rings. The van der Waals surface area contributed by atoms with Crippen LogP contribution in [0.2, 0.25) is 0 Å². The molecule has 0 aliphatic rings. The average molecular weight is 295 g/mol. The van der Waals surface area contributed by atoms with E-state index in [2.05, 4.69) is 4.40 Å². The van der Waals surface area contributed by atoms with E-state index in [-0.39, 0.29) is 0 Å². The normalized spacial score (nSPS) is 15.4. The van der Waals surface area contributed by atoms with E-state index in [1.165, 1.54) is 32.9 Å². The van der Waals surface area contributed by atoms with Gasteiger partial charge in [0, 0.05) is 5.56 Å². The van der Waals surface area contributed by atoms with Crippen LogP contribution in [0.1, 0.15) is 26.3 Å². The Morgan fingerprint density at radius 1 is 1.16 bits per heavy atom. The first-order valence-electron chi connectivity index (χ1n) is 5.36. The summed E-state index contributed by atoms with van der Waals surface area (Å²) < 4.78 is 66.1. The highest BCUT2D eigenvalue weighted by Crippen LogP contribution is 2.26. The van der Waals surface area contributed by atoms with Gasteiger partial charge >= 0.3 is 6.18 Å². The Hall–Kier alpha value is -1.24.